The Morgan fingerprint density at radius 3 is 2.67 bits per heavy atom. The summed E-state index contributed by atoms with van der Waals surface area (Å²) < 4.78 is 27.2. The number of aromatic nitrogens is 1. The Morgan fingerprint density at radius 2 is 2.07 bits per heavy atom. The molecule has 82 valence electrons. The zero-order chi connectivity index (χ0) is 10.9. The number of hydrogen-bond acceptors (Lipinski definition) is 3. The predicted octanol–water partition coefficient (Wildman–Crippen LogP) is 1.35. The molecule has 1 aliphatic rings. The number of rotatable bonds is 1. The van der Waals surface area contributed by atoms with Gasteiger partial charge in [-0.2, -0.15) is 0 Å². The first-order chi connectivity index (χ1) is 7.12. The van der Waals surface area contributed by atoms with Gasteiger partial charge in [0.25, 0.3) is 0 Å². The molecule has 2 heterocycles. The van der Waals surface area contributed by atoms with Crippen molar-refractivity contribution in [3.63, 3.8) is 0 Å². The molecule has 0 radical (unpaired) electrons. The van der Waals surface area contributed by atoms with Gasteiger partial charge in [-0.25, -0.2) is 8.78 Å². The van der Waals surface area contributed by atoms with Crippen LogP contribution in [0.4, 0.5) is 14.5 Å². The van der Waals surface area contributed by atoms with Crippen LogP contribution in [0.15, 0.2) is 12.3 Å². The Hall–Kier alpha value is -1.23. The molecule has 3 N–H and O–H groups in total. The fourth-order valence-electron chi connectivity index (χ4n) is 1.78. The zero-order valence-corrected chi connectivity index (χ0v) is 8.26. The van der Waals surface area contributed by atoms with Gasteiger partial charge in [-0.3, -0.25) is 4.98 Å². The standard InChI is InChI=1S/C10H13F2N3/c11-7-6-15-9(5-8(7)13)10(12)1-3-14-4-2-10/h5-6,14H,1-4H2,(H2,13,15). The van der Waals surface area contributed by atoms with Gasteiger partial charge in [-0.1, -0.05) is 0 Å². The summed E-state index contributed by atoms with van der Waals surface area (Å²) in [5, 5.41) is 3.06. The Morgan fingerprint density at radius 1 is 1.40 bits per heavy atom. The molecular weight excluding hydrogens is 200 g/mol. The summed E-state index contributed by atoms with van der Waals surface area (Å²) in [4.78, 5) is 3.78. The Bertz CT molecular complexity index is 362. The van der Waals surface area contributed by atoms with Crippen LogP contribution in [-0.2, 0) is 5.67 Å². The number of pyridine rings is 1. The van der Waals surface area contributed by atoms with E-state index in [-0.39, 0.29) is 11.4 Å². The van der Waals surface area contributed by atoms with E-state index < -0.39 is 11.5 Å². The fraction of sp³-hybridized carbons (Fsp3) is 0.500. The molecule has 1 aliphatic heterocycles. The van der Waals surface area contributed by atoms with Crippen LogP contribution < -0.4 is 11.1 Å². The molecule has 1 saturated heterocycles. The topological polar surface area (TPSA) is 50.9 Å². The minimum absolute atomic E-state index is 0.0458. The summed E-state index contributed by atoms with van der Waals surface area (Å²) in [6.45, 7) is 1.21. The van der Waals surface area contributed by atoms with Crippen molar-refractivity contribution < 1.29 is 8.78 Å². The molecule has 1 fully saturated rings. The highest BCUT2D eigenvalue weighted by atomic mass is 19.1. The van der Waals surface area contributed by atoms with E-state index in [1.54, 1.807) is 0 Å². The summed E-state index contributed by atoms with van der Waals surface area (Å²) in [5.41, 5.74) is 4.12. The van der Waals surface area contributed by atoms with Gasteiger partial charge >= 0.3 is 0 Å². The maximum atomic E-state index is 14.3. The van der Waals surface area contributed by atoms with E-state index in [4.69, 9.17) is 5.73 Å². The van der Waals surface area contributed by atoms with Crippen LogP contribution in [-0.4, -0.2) is 18.1 Å². The molecule has 0 bridgehead atoms. The normalized spacial score (nSPS) is 20.1. The lowest BCUT2D eigenvalue weighted by Crippen LogP contribution is -2.37. The van der Waals surface area contributed by atoms with Crippen LogP contribution >= 0.6 is 0 Å². The third-order valence-corrected chi connectivity index (χ3v) is 2.74. The van der Waals surface area contributed by atoms with Gasteiger partial charge < -0.3 is 11.1 Å². The minimum atomic E-state index is -1.47. The molecule has 0 atom stereocenters. The molecule has 15 heavy (non-hydrogen) atoms. The lowest BCUT2D eigenvalue weighted by Gasteiger charge is -2.29. The zero-order valence-electron chi connectivity index (χ0n) is 8.26. The first kappa shape index (κ1) is 10.3. The molecule has 3 nitrogen and oxygen atoms in total. The van der Waals surface area contributed by atoms with Crippen molar-refractivity contribution in [2.24, 2.45) is 0 Å². The van der Waals surface area contributed by atoms with Crippen molar-refractivity contribution >= 4 is 5.69 Å². The lowest BCUT2D eigenvalue weighted by molar-refractivity contribution is 0.110. The van der Waals surface area contributed by atoms with Crippen LogP contribution in [0.5, 0.6) is 0 Å². The summed E-state index contributed by atoms with van der Waals surface area (Å²) in [6, 6.07) is 1.29. The molecule has 1 aromatic rings. The number of piperidine rings is 1. The highest BCUT2D eigenvalue weighted by Crippen LogP contribution is 2.34. The highest BCUT2D eigenvalue weighted by Gasteiger charge is 2.35. The van der Waals surface area contributed by atoms with Crippen molar-refractivity contribution in [3.05, 3.63) is 23.8 Å². The smallest absolute Gasteiger partial charge is 0.164 e. The Balaban J connectivity index is 2.31. The number of nitrogens with zero attached hydrogens (tertiary/aromatic N) is 1. The minimum Gasteiger partial charge on any atom is -0.396 e. The van der Waals surface area contributed by atoms with Gasteiger partial charge in [0.15, 0.2) is 11.5 Å². The first-order valence-corrected chi connectivity index (χ1v) is 4.93. The molecule has 0 aliphatic carbocycles. The van der Waals surface area contributed by atoms with Gasteiger partial charge in [-0.05, 0) is 32.0 Å². The molecule has 0 amide bonds. The molecule has 0 spiro atoms. The number of nitrogens with one attached hydrogen (secondary N) is 1. The maximum absolute atomic E-state index is 14.3. The molecule has 0 unspecified atom stereocenters. The summed E-state index contributed by atoms with van der Waals surface area (Å²) in [7, 11) is 0. The second-order valence-corrected chi connectivity index (χ2v) is 3.81. The summed E-state index contributed by atoms with van der Waals surface area (Å²) >= 11 is 0. The summed E-state index contributed by atoms with van der Waals surface area (Å²) in [6.07, 6.45) is 1.68. The number of anilines is 1. The number of nitrogens with two attached hydrogens (primary N) is 1. The van der Waals surface area contributed by atoms with E-state index in [9.17, 15) is 8.78 Å². The van der Waals surface area contributed by atoms with Crippen molar-refractivity contribution in [2.75, 3.05) is 18.8 Å². The molecule has 0 aromatic carbocycles. The molecular formula is C10H13F2N3. The van der Waals surface area contributed by atoms with Crippen molar-refractivity contribution in [1.82, 2.24) is 10.3 Å². The van der Waals surface area contributed by atoms with Gasteiger partial charge in [0.1, 0.15) is 0 Å². The molecule has 2 rings (SSSR count). The van der Waals surface area contributed by atoms with Crippen LogP contribution in [0.3, 0.4) is 0 Å². The van der Waals surface area contributed by atoms with Crippen molar-refractivity contribution in [1.29, 1.82) is 0 Å². The second-order valence-electron chi connectivity index (χ2n) is 3.81. The third-order valence-electron chi connectivity index (χ3n) is 2.74. The quantitative estimate of drug-likeness (QED) is 0.740. The SMILES string of the molecule is Nc1cc(C2(F)CCNCC2)ncc1F. The number of alkyl halides is 1. The van der Waals surface area contributed by atoms with E-state index in [1.165, 1.54) is 6.07 Å². The van der Waals surface area contributed by atoms with Gasteiger partial charge in [-0.15, -0.1) is 0 Å². The van der Waals surface area contributed by atoms with E-state index >= 15 is 0 Å². The largest absolute Gasteiger partial charge is 0.396 e. The molecule has 0 saturated carbocycles. The van der Waals surface area contributed by atoms with Crippen LogP contribution in [0.25, 0.3) is 0 Å². The van der Waals surface area contributed by atoms with Gasteiger partial charge in [0.05, 0.1) is 17.6 Å². The number of hydrogen-bond donors (Lipinski definition) is 2. The van der Waals surface area contributed by atoms with Gasteiger partial charge in [0, 0.05) is 0 Å². The predicted molar refractivity (Wildman–Crippen MR) is 53.5 cm³/mol. The van der Waals surface area contributed by atoms with Crippen LogP contribution in [0.2, 0.25) is 0 Å². The maximum Gasteiger partial charge on any atom is 0.164 e. The highest BCUT2D eigenvalue weighted by molar-refractivity contribution is 5.40. The van der Waals surface area contributed by atoms with Crippen LogP contribution in [0.1, 0.15) is 18.5 Å². The average Bonchev–Trinajstić information content (AvgIpc) is 2.23. The van der Waals surface area contributed by atoms with Crippen molar-refractivity contribution in [2.45, 2.75) is 18.5 Å². The number of halogens is 2. The van der Waals surface area contributed by atoms with Crippen LogP contribution in [0, 0.1) is 5.82 Å². The third kappa shape index (κ3) is 1.92. The number of nitrogen functional groups attached to an aromatic ring is 1. The monoisotopic (exact) mass is 213 g/mol. The van der Waals surface area contributed by atoms with E-state index in [0.717, 1.165) is 6.20 Å². The van der Waals surface area contributed by atoms with E-state index in [1.807, 2.05) is 0 Å². The lowest BCUT2D eigenvalue weighted by atomic mass is 9.90. The van der Waals surface area contributed by atoms with Gasteiger partial charge in [0.2, 0.25) is 0 Å². The Kier molecular flexibility index (Phi) is 2.56. The fourth-order valence-corrected chi connectivity index (χ4v) is 1.78. The average molecular weight is 213 g/mol. The van der Waals surface area contributed by atoms with E-state index in [2.05, 4.69) is 10.3 Å². The Labute approximate surface area is 86.7 Å². The second kappa shape index (κ2) is 3.73. The van der Waals surface area contributed by atoms with E-state index in [0.29, 0.717) is 25.9 Å². The van der Waals surface area contributed by atoms with Crippen molar-refractivity contribution in [3.8, 4) is 0 Å². The summed E-state index contributed by atoms with van der Waals surface area (Å²) in [5.74, 6) is -0.601. The molecule has 1 aromatic heterocycles. The molecule has 5 heteroatoms. The first-order valence-electron chi connectivity index (χ1n) is 4.93.